The van der Waals surface area contributed by atoms with Crippen LogP contribution in [-0.2, 0) is 6.54 Å². The number of alkyl halides is 2. The molecule has 0 radical (unpaired) electrons. The molecule has 5 aromatic rings. The summed E-state index contributed by atoms with van der Waals surface area (Å²) in [6.07, 6.45) is 0. The number of fused-ring (bicyclic) bond motifs is 4. The Bertz CT molecular complexity index is 1660. The summed E-state index contributed by atoms with van der Waals surface area (Å²) in [5.74, 6) is 0.914. The Morgan fingerprint density at radius 2 is 1.89 bits per heavy atom. The van der Waals surface area contributed by atoms with Gasteiger partial charge in [-0.2, -0.15) is 13.8 Å². The molecule has 36 heavy (non-hydrogen) atoms. The summed E-state index contributed by atoms with van der Waals surface area (Å²) in [6.45, 7) is 1.08. The van der Waals surface area contributed by atoms with Crippen LogP contribution in [0.1, 0.15) is 6.92 Å². The summed E-state index contributed by atoms with van der Waals surface area (Å²) in [5.41, 5.74) is 3.72. The summed E-state index contributed by atoms with van der Waals surface area (Å²) < 4.78 is 39.7. The molecule has 8 nitrogen and oxygen atoms in total. The van der Waals surface area contributed by atoms with Gasteiger partial charge in [-0.25, -0.2) is 4.98 Å². The van der Waals surface area contributed by atoms with Crippen LogP contribution in [0.25, 0.3) is 38.2 Å². The fourth-order valence-corrected chi connectivity index (χ4v) is 5.42. The number of aromatic nitrogens is 4. The van der Waals surface area contributed by atoms with Gasteiger partial charge in [-0.1, -0.05) is 17.4 Å². The first-order chi connectivity index (χ1) is 17.4. The van der Waals surface area contributed by atoms with E-state index in [0.717, 1.165) is 40.3 Å². The molecule has 4 heterocycles. The van der Waals surface area contributed by atoms with Crippen molar-refractivity contribution in [2.24, 2.45) is 0 Å². The summed E-state index contributed by atoms with van der Waals surface area (Å²) in [6, 6.07) is 13.6. The van der Waals surface area contributed by atoms with Crippen LogP contribution in [-0.4, -0.2) is 45.9 Å². The number of imidazole rings is 1. The predicted octanol–water partition coefficient (Wildman–Crippen LogP) is 4.91. The number of anilines is 1. The largest absolute Gasteiger partial charge is 0.470 e. The molecule has 0 bridgehead atoms. The molecular formula is C25H21F2N5O3S. The Morgan fingerprint density at radius 3 is 2.64 bits per heavy atom. The first-order valence-corrected chi connectivity index (χ1v) is 12.2. The molecular weight excluding hydrogens is 488 g/mol. The highest BCUT2D eigenvalue weighted by Crippen LogP contribution is 2.34. The summed E-state index contributed by atoms with van der Waals surface area (Å²) in [4.78, 5) is 25.2. The van der Waals surface area contributed by atoms with E-state index in [1.54, 1.807) is 12.1 Å². The third-order valence-corrected chi connectivity index (χ3v) is 7.07. The molecule has 0 aliphatic carbocycles. The van der Waals surface area contributed by atoms with Gasteiger partial charge in [-0.3, -0.25) is 9.36 Å². The van der Waals surface area contributed by atoms with Crippen molar-refractivity contribution < 1.29 is 18.3 Å². The molecule has 11 heteroatoms. The molecule has 0 amide bonds. The monoisotopic (exact) mass is 509 g/mol. The van der Waals surface area contributed by atoms with Gasteiger partial charge in [0.2, 0.25) is 5.95 Å². The molecule has 2 aromatic carbocycles. The number of pyridine rings is 1. The molecule has 1 aliphatic rings. The van der Waals surface area contributed by atoms with Crippen LogP contribution in [0.3, 0.4) is 0 Å². The number of ether oxygens (including phenoxy) is 2. The van der Waals surface area contributed by atoms with Crippen molar-refractivity contribution in [3.63, 3.8) is 0 Å². The Kier molecular flexibility index (Phi) is 5.36. The molecule has 0 spiro atoms. The molecule has 3 aromatic heterocycles. The maximum absolute atomic E-state index is 13.9. The standard InChI is InChI=1S/C25H21F2N5O3S/c1-3-34-25-29-21-20(36-25)13-17(22(33)32(21)15-5-7-16(8-6-15)35-23(26)27)14-4-9-18-19(12-14)31-11-10-30(2)24(31)28-18/h4-9,12-13,23H,3,10-11H2,1-2H3. The van der Waals surface area contributed by atoms with E-state index < -0.39 is 6.61 Å². The highest BCUT2D eigenvalue weighted by atomic mass is 32.1. The molecule has 1 aliphatic heterocycles. The van der Waals surface area contributed by atoms with Gasteiger partial charge in [0.1, 0.15) is 5.75 Å². The second-order valence-electron chi connectivity index (χ2n) is 8.36. The average Bonchev–Trinajstić information content (AvgIpc) is 3.53. The number of halogens is 2. The highest BCUT2D eigenvalue weighted by Gasteiger charge is 2.22. The van der Waals surface area contributed by atoms with Crippen LogP contribution < -0.4 is 19.9 Å². The molecule has 0 N–H and O–H groups in total. The van der Waals surface area contributed by atoms with Crippen LogP contribution in [0.2, 0.25) is 0 Å². The number of hydrogen-bond acceptors (Lipinski definition) is 7. The van der Waals surface area contributed by atoms with Crippen molar-refractivity contribution in [3.05, 3.63) is 58.9 Å². The van der Waals surface area contributed by atoms with Crippen LogP contribution >= 0.6 is 11.3 Å². The van der Waals surface area contributed by atoms with Crippen LogP contribution in [0.15, 0.2) is 53.3 Å². The first-order valence-electron chi connectivity index (χ1n) is 11.4. The lowest BCUT2D eigenvalue weighted by atomic mass is 10.1. The minimum Gasteiger partial charge on any atom is -0.470 e. The highest BCUT2D eigenvalue weighted by molar-refractivity contribution is 7.20. The zero-order chi connectivity index (χ0) is 25.0. The van der Waals surface area contributed by atoms with E-state index in [1.165, 1.54) is 28.0 Å². The third-order valence-electron chi connectivity index (χ3n) is 6.16. The van der Waals surface area contributed by atoms with Gasteiger partial charge in [0.15, 0.2) is 5.65 Å². The van der Waals surface area contributed by atoms with E-state index in [9.17, 15) is 13.6 Å². The fraction of sp³-hybridized carbons (Fsp3) is 0.240. The maximum Gasteiger partial charge on any atom is 0.387 e. The first kappa shape index (κ1) is 22.5. The van der Waals surface area contributed by atoms with Crippen molar-refractivity contribution in [2.45, 2.75) is 20.1 Å². The normalized spacial score (nSPS) is 13.2. The number of thiazole rings is 1. The quantitative estimate of drug-likeness (QED) is 0.324. The summed E-state index contributed by atoms with van der Waals surface area (Å²) >= 11 is 1.34. The van der Waals surface area contributed by atoms with Crippen LogP contribution in [0.4, 0.5) is 14.7 Å². The Balaban J connectivity index is 1.54. The summed E-state index contributed by atoms with van der Waals surface area (Å²) in [5, 5.41) is 0.447. The minimum atomic E-state index is -2.93. The smallest absolute Gasteiger partial charge is 0.387 e. The van der Waals surface area contributed by atoms with E-state index in [1.807, 2.05) is 38.2 Å². The van der Waals surface area contributed by atoms with E-state index in [4.69, 9.17) is 9.72 Å². The van der Waals surface area contributed by atoms with E-state index in [-0.39, 0.29) is 11.3 Å². The third kappa shape index (κ3) is 3.67. The Morgan fingerprint density at radius 1 is 1.08 bits per heavy atom. The predicted molar refractivity (Wildman–Crippen MR) is 135 cm³/mol. The number of hydrogen-bond donors (Lipinski definition) is 0. The zero-order valence-corrected chi connectivity index (χ0v) is 20.3. The molecule has 0 unspecified atom stereocenters. The van der Waals surface area contributed by atoms with Crippen molar-refractivity contribution in [1.29, 1.82) is 0 Å². The van der Waals surface area contributed by atoms with Gasteiger partial charge >= 0.3 is 6.61 Å². The number of nitrogens with zero attached hydrogens (tertiary/aromatic N) is 5. The molecule has 6 rings (SSSR count). The van der Waals surface area contributed by atoms with Crippen LogP contribution in [0, 0.1) is 0 Å². The second kappa shape index (κ2) is 8.59. The lowest BCUT2D eigenvalue weighted by Crippen LogP contribution is -2.20. The van der Waals surface area contributed by atoms with Gasteiger partial charge < -0.3 is 18.9 Å². The van der Waals surface area contributed by atoms with Gasteiger partial charge in [0.05, 0.1) is 28.0 Å². The van der Waals surface area contributed by atoms with Crippen molar-refractivity contribution in [3.8, 4) is 27.8 Å². The van der Waals surface area contributed by atoms with Crippen LogP contribution in [0.5, 0.6) is 10.9 Å². The number of benzene rings is 2. The Hall–Kier alpha value is -3.99. The van der Waals surface area contributed by atoms with E-state index >= 15 is 0 Å². The molecule has 0 fully saturated rings. The van der Waals surface area contributed by atoms with Gasteiger partial charge in [0, 0.05) is 25.7 Å². The van der Waals surface area contributed by atoms with Gasteiger partial charge in [-0.15, -0.1) is 0 Å². The Labute approximate surface area is 208 Å². The molecule has 0 atom stereocenters. The van der Waals surface area contributed by atoms with E-state index in [0.29, 0.717) is 28.7 Å². The lowest BCUT2D eigenvalue weighted by Gasteiger charge is -2.11. The number of rotatable bonds is 6. The SMILES string of the molecule is CCOc1nc2c(cc(-c3ccc4nc5n(c4c3)CCN5C)c(=O)n2-c2ccc(OC(F)F)cc2)s1. The van der Waals surface area contributed by atoms with Crippen molar-refractivity contribution in [2.75, 3.05) is 25.1 Å². The maximum atomic E-state index is 13.9. The average molecular weight is 510 g/mol. The fourth-order valence-electron chi connectivity index (χ4n) is 4.52. The minimum absolute atomic E-state index is 0.00693. The number of likely N-dealkylation sites (N-methyl/N-ethyl adjacent to an activating group) is 1. The lowest BCUT2D eigenvalue weighted by molar-refractivity contribution is -0.0498. The second-order valence-corrected chi connectivity index (χ2v) is 9.35. The summed E-state index contributed by atoms with van der Waals surface area (Å²) in [7, 11) is 2.01. The van der Waals surface area contributed by atoms with Crippen molar-refractivity contribution >= 4 is 38.7 Å². The van der Waals surface area contributed by atoms with E-state index in [2.05, 4.69) is 19.2 Å². The van der Waals surface area contributed by atoms with Gasteiger partial charge in [-0.05, 0) is 55.0 Å². The zero-order valence-electron chi connectivity index (χ0n) is 19.4. The molecule has 184 valence electrons. The molecule has 0 saturated heterocycles. The molecule has 0 saturated carbocycles. The topological polar surface area (TPSA) is 74.4 Å². The van der Waals surface area contributed by atoms with Crippen molar-refractivity contribution in [1.82, 2.24) is 19.1 Å². The van der Waals surface area contributed by atoms with Gasteiger partial charge in [0.25, 0.3) is 10.8 Å².